The van der Waals surface area contributed by atoms with Gasteiger partial charge in [0, 0.05) is 24.2 Å². The SMILES string of the molecule is CC1(C)CCCC1NC1=CC(=O)CC1. The van der Waals surface area contributed by atoms with Gasteiger partial charge in [0.05, 0.1) is 0 Å². The van der Waals surface area contributed by atoms with Gasteiger partial charge in [-0.05, 0) is 24.7 Å². The summed E-state index contributed by atoms with van der Waals surface area (Å²) in [6.07, 6.45) is 7.27. The summed E-state index contributed by atoms with van der Waals surface area (Å²) in [5.74, 6) is 0.281. The van der Waals surface area contributed by atoms with Gasteiger partial charge in [-0.15, -0.1) is 0 Å². The Kier molecular flexibility index (Phi) is 2.38. The number of allylic oxidation sites excluding steroid dienone is 2. The predicted molar refractivity (Wildman–Crippen MR) is 56.9 cm³/mol. The fourth-order valence-corrected chi connectivity index (χ4v) is 2.53. The molecule has 0 aromatic rings. The lowest BCUT2D eigenvalue weighted by Gasteiger charge is -2.29. The molecule has 0 spiro atoms. The first-order valence-corrected chi connectivity index (χ1v) is 5.58. The van der Waals surface area contributed by atoms with Crippen molar-refractivity contribution < 1.29 is 4.79 Å². The summed E-state index contributed by atoms with van der Waals surface area (Å²) in [5, 5.41) is 3.54. The molecule has 1 N–H and O–H groups in total. The Hall–Kier alpha value is -0.790. The van der Waals surface area contributed by atoms with Crippen LogP contribution in [0, 0.1) is 5.41 Å². The first-order valence-electron chi connectivity index (χ1n) is 5.58. The molecule has 1 saturated carbocycles. The largest absolute Gasteiger partial charge is 0.385 e. The number of nitrogens with one attached hydrogen (secondary N) is 1. The molecule has 0 aromatic heterocycles. The number of hydrogen-bond donors (Lipinski definition) is 1. The summed E-state index contributed by atoms with van der Waals surface area (Å²) in [5.41, 5.74) is 1.56. The summed E-state index contributed by atoms with van der Waals surface area (Å²) in [6, 6.07) is 0.569. The molecule has 1 atom stereocenters. The van der Waals surface area contributed by atoms with Crippen LogP contribution in [-0.2, 0) is 4.79 Å². The molecule has 2 heteroatoms. The maximum Gasteiger partial charge on any atom is 0.157 e. The van der Waals surface area contributed by atoms with Crippen molar-refractivity contribution in [2.75, 3.05) is 0 Å². The second-order valence-corrected chi connectivity index (χ2v) is 5.21. The zero-order valence-electron chi connectivity index (χ0n) is 9.10. The molecular weight excluding hydrogens is 174 g/mol. The lowest BCUT2D eigenvalue weighted by molar-refractivity contribution is -0.114. The smallest absolute Gasteiger partial charge is 0.157 e. The van der Waals surface area contributed by atoms with Gasteiger partial charge in [0.1, 0.15) is 0 Å². The third kappa shape index (κ3) is 1.84. The Morgan fingerprint density at radius 1 is 1.43 bits per heavy atom. The minimum absolute atomic E-state index is 0.281. The van der Waals surface area contributed by atoms with Crippen LogP contribution in [0.4, 0.5) is 0 Å². The van der Waals surface area contributed by atoms with E-state index in [0.717, 1.165) is 12.1 Å². The second kappa shape index (κ2) is 3.41. The number of ketones is 1. The van der Waals surface area contributed by atoms with Crippen LogP contribution >= 0.6 is 0 Å². The van der Waals surface area contributed by atoms with Crippen molar-refractivity contribution in [2.45, 2.75) is 52.0 Å². The third-order valence-corrected chi connectivity index (χ3v) is 3.59. The maximum absolute atomic E-state index is 11.1. The molecule has 1 fully saturated rings. The number of hydrogen-bond acceptors (Lipinski definition) is 2. The monoisotopic (exact) mass is 193 g/mol. The van der Waals surface area contributed by atoms with Crippen molar-refractivity contribution in [1.82, 2.24) is 5.32 Å². The Bertz CT molecular complexity index is 278. The van der Waals surface area contributed by atoms with E-state index in [-0.39, 0.29) is 5.78 Å². The highest BCUT2D eigenvalue weighted by Gasteiger charge is 2.34. The molecule has 0 amide bonds. The van der Waals surface area contributed by atoms with Crippen molar-refractivity contribution in [2.24, 2.45) is 5.41 Å². The molecule has 1 unspecified atom stereocenters. The standard InChI is InChI=1S/C12H19NO/c1-12(2)7-3-4-11(12)13-9-5-6-10(14)8-9/h8,11,13H,3-7H2,1-2H3. The van der Waals surface area contributed by atoms with Crippen molar-refractivity contribution in [3.8, 4) is 0 Å². The van der Waals surface area contributed by atoms with Crippen LogP contribution in [-0.4, -0.2) is 11.8 Å². The molecule has 2 aliphatic carbocycles. The molecule has 2 aliphatic rings. The van der Waals surface area contributed by atoms with Gasteiger partial charge in [-0.3, -0.25) is 4.79 Å². The fraction of sp³-hybridized carbons (Fsp3) is 0.750. The minimum atomic E-state index is 0.281. The van der Waals surface area contributed by atoms with E-state index in [1.165, 1.54) is 19.3 Å². The predicted octanol–water partition coefficient (Wildman–Crippen LogP) is 2.40. The zero-order chi connectivity index (χ0) is 10.2. The fourth-order valence-electron chi connectivity index (χ4n) is 2.53. The lowest BCUT2D eigenvalue weighted by atomic mass is 9.87. The van der Waals surface area contributed by atoms with Crippen LogP contribution in [0.1, 0.15) is 46.0 Å². The van der Waals surface area contributed by atoms with E-state index in [2.05, 4.69) is 19.2 Å². The quantitative estimate of drug-likeness (QED) is 0.729. The first-order chi connectivity index (χ1) is 6.58. The summed E-state index contributed by atoms with van der Waals surface area (Å²) in [4.78, 5) is 11.1. The highest BCUT2D eigenvalue weighted by molar-refractivity contribution is 5.92. The van der Waals surface area contributed by atoms with Gasteiger partial charge in [0.2, 0.25) is 0 Å². The van der Waals surface area contributed by atoms with Crippen LogP contribution in [0.25, 0.3) is 0 Å². The van der Waals surface area contributed by atoms with E-state index >= 15 is 0 Å². The highest BCUT2D eigenvalue weighted by Crippen LogP contribution is 2.38. The lowest BCUT2D eigenvalue weighted by Crippen LogP contribution is -2.36. The molecule has 78 valence electrons. The Morgan fingerprint density at radius 2 is 2.21 bits per heavy atom. The van der Waals surface area contributed by atoms with Gasteiger partial charge in [0.25, 0.3) is 0 Å². The van der Waals surface area contributed by atoms with Gasteiger partial charge in [0.15, 0.2) is 5.78 Å². The number of carbonyl (C=O) groups is 1. The van der Waals surface area contributed by atoms with Crippen LogP contribution in [0.5, 0.6) is 0 Å². The van der Waals surface area contributed by atoms with Gasteiger partial charge < -0.3 is 5.32 Å². The first kappa shape index (κ1) is 9.75. The molecule has 0 aromatic carbocycles. The normalized spacial score (nSPS) is 30.6. The summed E-state index contributed by atoms with van der Waals surface area (Å²) >= 11 is 0. The Balaban J connectivity index is 1.98. The summed E-state index contributed by atoms with van der Waals surface area (Å²) in [7, 11) is 0. The molecule has 14 heavy (non-hydrogen) atoms. The van der Waals surface area contributed by atoms with Crippen LogP contribution in [0.15, 0.2) is 11.8 Å². The van der Waals surface area contributed by atoms with Crippen molar-refractivity contribution in [3.63, 3.8) is 0 Å². The second-order valence-electron chi connectivity index (χ2n) is 5.21. The number of rotatable bonds is 2. The van der Waals surface area contributed by atoms with Crippen molar-refractivity contribution >= 4 is 5.78 Å². The summed E-state index contributed by atoms with van der Waals surface area (Å²) < 4.78 is 0. The van der Waals surface area contributed by atoms with Gasteiger partial charge in [-0.2, -0.15) is 0 Å². The van der Waals surface area contributed by atoms with E-state index in [1.54, 1.807) is 6.08 Å². The minimum Gasteiger partial charge on any atom is -0.385 e. The molecule has 2 rings (SSSR count). The Labute approximate surface area is 85.8 Å². The van der Waals surface area contributed by atoms with E-state index in [4.69, 9.17) is 0 Å². The topological polar surface area (TPSA) is 29.1 Å². The average Bonchev–Trinajstić information content (AvgIpc) is 2.61. The van der Waals surface area contributed by atoms with E-state index in [9.17, 15) is 4.79 Å². The maximum atomic E-state index is 11.1. The molecule has 2 nitrogen and oxygen atoms in total. The van der Waals surface area contributed by atoms with Crippen molar-refractivity contribution in [3.05, 3.63) is 11.8 Å². The molecule has 0 aliphatic heterocycles. The average molecular weight is 193 g/mol. The number of carbonyl (C=O) groups excluding carboxylic acids is 1. The summed E-state index contributed by atoms with van der Waals surface area (Å²) in [6.45, 7) is 4.63. The van der Waals surface area contributed by atoms with Crippen LogP contribution in [0.3, 0.4) is 0 Å². The van der Waals surface area contributed by atoms with Crippen LogP contribution in [0.2, 0.25) is 0 Å². The highest BCUT2D eigenvalue weighted by atomic mass is 16.1. The van der Waals surface area contributed by atoms with E-state index in [0.29, 0.717) is 17.9 Å². The van der Waals surface area contributed by atoms with Gasteiger partial charge in [-0.1, -0.05) is 20.3 Å². The molecule has 0 radical (unpaired) electrons. The molecular formula is C12H19NO. The van der Waals surface area contributed by atoms with E-state index < -0.39 is 0 Å². The van der Waals surface area contributed by atoms with Gasteiger partial charge >= 0.3 is 0 Å². The molecule has 0 heterocycles. The molecule has 0 saturated heterocycles. The Morgan fingerprint density at radius 3 is 2.71 bits per heavy atom. The third-order valence-electron chi connectivity index (χ3n) is 3.59. The van der Waals surface area contributed by atoms with Crippen LogP contribution < -0.4 is 5.32 Å². The van der Waals surface area contributed by atoms with E-state index in [1.807, 2.05) is 0 Å². The van der Waals surface area contributed by atoms with Gasteiger partial charge in [-0.25, -0.2) is 0 Å². The molecule has 0 bridgehead atoms. The van der Waals surface area contributed by atoms with Crippen molar-refractivity contribution in [1.29, 1.82) is 0 Å². The zero-order valence-corrected chi connectivity index (χ0v) is 9.10.